The second kappa shape index (κ2) is 5.14. The summed E-state index contributed by atoms with van der Waals surface area (Å²) in [6.45, 7) is 1.97. The van der Waals surface area contributed by atoms with Crippen LogP contribution in [0.25, 0.3) is 21.7 Å². The number of aromatic nitrogens is 1. The van der Waals surface area contributed by atoms with E-state index in [1.54, 1.807) is 0 Å². The van der Waals surface area contributed by atoms with Crippen LogP contribution in [0.5, 0.6) is 0 Å². The Kier molecular flexibility index (Phi) is 3.12. The molecule has 0 unspecified atom stereocenters. The lowest BCUT2D eigenvalue weighted by Crippen LogP contribution is -2.36. The zero-order valence-corrected chi connectivity index (χ0v) is 12.6. The molecule has 3 aromatic rings. The summed E-state index contributed by atoms with van der Waals surface area (Å²) in [5.74, 6) is -0.0134. The largest absolute Gasteiger partial charge is 0.351 e. The number of fused-ring (bicyclic) bond motifs is 3. The fraction of sp³-hybridized carbons (Fsp3) is 0.278. The van der Waals surface area contributed by atoms with E-state index in [4.69, 9.17) is 0 Å². The maximum absolute atomic E-state index is 12.5. The molecule has 0 aliphatic carbocycles. The summed E-state index contributed by atoms with van der Waals surface area (Å²) in [5, 5.41) is 6.60. The lowest BCUT2D eigenvalue weighted by atomic mass is 10.1. The van der Waals surface area contributed by atoms with Gasteiger partial charge in [0.25, 0.3) is 5.91 Å². The number of nitrogens with zero attached hydrogens (tertiary/aromatic N) is 1. The third-order valence-corrected chi connectivity index (χ3v) is 4.50. The normalized spacial score (nSPS) is 19.0. The molecule has 1 aliphatic heterocycles. The average molecular weight is 293 g/mol. The quantitative estimate of drug-likeness (QED) is 0.763. The first-order valence-corrected chi connectivity index (χ1v) is 7.70. The lowest BCUT2D eigenvalue weighted by Gasteiger charge is -2.11. The van der Waals surface area contributed by atoms with Crippen molar-refractivity contribution >= 4 is 27.6 Å². The first-order chi connectivity index (χ1) is 10.7. The van der Waals surface area contributed by atoms with Crippen molar-refractivity contribution in [2.24, 2.45) is 0 Å². The molecule has 0 saturated carbocycles. The molecule has 112 valence electrons. The lowest BCUT2D eigenvalue weighted by molar-refractivity contribution is 0.0934. The van der Waals surface area contributed by atoms with Crippen LogP contribution in [-0.4, -0.2) is 42.0 Å². The fourth-order valence-corrected chi connectivity index (χ4v) is 3.32. The highest BCUT2D eigenvalue weighted by Crippen LogP contribution is 2.26. The molecule has 1 aliphatic rings. The van der Waals surface area contributed by atoms with E-state index in [9.17, 15) is 4.79 Å². The summed E-state index contributed by atoms with van der Waals surface area (Å²) in [5.41, 5.74) is 1.65. The molecule has 1 amide bonds. The van der Waals surface area contributed by atoms with Gasteiger partial charge in [-0.2, -0.15) is 0 Å². The molecule has 1 saturated heterocycles. The third-order valence-electron chi connectivity index (χ3n) is 4.50. The number of carbonyl (C=O) groups is 1. The number of likely N-dealkylation sites (tertiary alicyclic amines) is 1. The van der Waals surface area contributed by atoms with E-state index in [0.29, 0.717) is 5.69 Å². The van der Waals surface area contributed by atoms with Crippen LogP contribution in [-0.2, 0) is 0 Å². The van der Waals surface area contributed by atoms with Crippen LogP contribution < -0.4 is 5.32 Å². The maximum atomic E-state index is 12.5. The van der Waals surface area contributed by atoms with Crippen molar-refractivity contribution in [1.82, 2.24) is 15.2 Å². The molecule has 4 rings (SSSR count). The Hall–Kier alpha value is -2.33. The molecule has 1 fully saturated rings. The van der Waals surface area contributed by atoms with Crippen molar-refractivity contribution in [3.05, 3.63) is 48.2 Å². The van der Waals surface area contributed by atoms with Crippen LogP contribution in [0.15, 0.2) is 42.5 Å². The number of H-pyrrole nitrogens is 1. The van der Waals surface area contributed by atoms with Crippen molar-refractivity contribution in [3.63, 3.8) is 0 Å². The monoisotopic (exact) mass is 293 g/mol. The molecule has 2 aromatic carbocycles. The Labute approximate surface area is 129 Å². The molecule has 0 bridgehead atoms. The molecule has 1 atom stereocenters. The molecular weight excluding hydrogens is 274 g/mol. The number of nitrogens with one attached hydrogen (secondary N) is 2. The third kappa shape index (κ3) is 2.25. The summed E-state index contributed by atoms with van der Waals surface area (Å²) in [6, 6.07) is 14.6. The highest BCUT2D eigenvalue weighted by Gasteiger charge is 2.22. The van der Waals surface area contributed by atoms with Gasteiger partial charge in [0.1, 0.15) is 5.69 Å². The minimum Gasteiger partial charge on any atom is -0.351 e. The highest BCUT2D eigenvalue weighted by molar-refractivity contribution is 6.09. The van der Waals surface area contributed by atoms with Crippen molar-refractivity contribution in [2.45, 2.75) is 12.5 Å². The molecular formula is C18H19N3O. The molecule has 4 heteroatoms. The van der Waals surface area contributed by atoms with Crippen LogP contribution in [0.3, 0.4) is 0 Å². The van der Waals surface area contributed by atoms with E-state index < -0.39 is 0 Å². The van der Waals surface area contributed by atoms with Gasteiger partial charge in [0, 0.05) is 23.5 Å². The predicted molar refractivity (Wildman–Crippen MR) is 89.2 cm³/mol. The van der Waals surface area contributed by atoms with E-state index in [1.807, 2.05) is 24.3 Å². The standard InChI is InChI=1S/C18H19N3O/c1-21-9-8-13(11-21)19-18(22)17-10-15-14-5-3-2-4-12(14)6-7-16(15)20-17/h2-7,10,13,20H,8-9,11H2,1H3,(H,19,22)/t13-/m1/s1. The van der Waals surface area contributed by atoms with Crippen molar-refractivity contribution < 1.29 is 4.79 Å². The summed E-state index contributed by atoms with van der Waals surface area (Å²) in [6.07, 6.45) is 1.02. The second-order valence-electron chi connectivity index (χ2n) is 6.15. The topological polar surface area (TPSA) is 48.1 Å². The summed E-state index contributed by atoms with van der Waals surface area (Å²) < 4.78 is 0. The first kappa shape index (κ1) is 13.3. The number of aromatic amines is 1. The fourth-order valence-electron chi connectivity index (χ4n) is 3.32. The van der Waals surface area contributed by atoms with Gasteiger partial charge in [-0.1, -0.05) is 30.3 Å². The van der Waals surface area contributed by atoms with E-state index in [1.165, 1.54) is 10.8 Å². The Balaban J connectivity index is 1.67. The van der Waals surface area contributed by atoms with Gasteiger partial charge in [-0.3, -0.25) is 4.79 Å². The van der Waals surface area contributed by atoms with Crippen LogP contribution in [0.2, 0.25) is 0 Å². The number of carbonyl (C=O) groups excluding carboxylic acids is 1. The van der Waals surface area contributed by atoms with Gasteiger partial charge in [0.15, 0.2) is 0 Å². The number of hydrogen-bond acceptors (Lipinski definition) is 2. The van der Waals surface area contributed by atoms with Crippen LogP contribution in [0, 0.1) is 0 Å². The molecule has 2 N–H and O–H groups in total. The predicted octanol–water partition coefficient (Wildman–Crippen LogP) is 2.75. The number of amides is 1. The number of benzene rings is 2. The first-order valence-electron chi connectivity index (χ1n) is 7.70. The molecule has 0 spiro atoms. The zero-order chi connectivity index (χ0) is 15.1. The highest BCUT2D eigenvalue weighted by atomic mass is 16.1. The molecule has 22 heavy (non-hydrogen) atoms. The van der Waals surface area contributed by atoms with Crippen molar-refractivity contribution in [3.8, 4) is 0 Å². The van der Waals surface area contributed by atoms with Gasteiger partial charge >= 0.3 is 0 Å². The Morgan fingerprint density at radius 2 is 2.09 bits per heavy atom. The zero-order valence-electron chi connectivity index (χ0n) is 12.6. The van der Waals surface area contributed by atoms with Crippen molar-refractivity contribution in [1.29, 1.82) is 0 Å². The van der Waals surface area contributed by atoms with E-state index in [2.05, 4.69) is 40.4 Å². The van der Waals surface area contributed by atoms with Gasteiger partial charge in [0.2, 0.25) is 0 Å². The van der Waals surface area contributed by atoms with Crippen LogP contribution >= 0.6 is 0 Å². The smallest absolute Gasteiger partial charge is 0.267 e. The second-order valence-corrected chi connectivity index (χ2v) is 6.15. The van der Waals surface area contributed by atoms with Crippen LogP contribution in [0.4, 0.5) is 0 Å². The summed E-state index contributed by atoms with van der Waals surface area (Å²) in [4.78, 5) is 17.9. The summed E-state index contributed by atoms with van der Waals surface area (Å²) >= 11 is 0. The van der Waals surface area contributed by atoms with Gasteiger partial charge in [0.05, 0.1) is 0 Å². The number of hydrogen-bond donors (Lipinski definition) is 2. The Morgan fingerprint density at radius 1 is 1.23 bits per heavy atom. The molecule has 4 nitrogen and oxygen atoms in total. The Bertz CT molecular complexity index is 852. The number of likely N-dealkylation sites (N-methyl/N-ethyl adjacent to an activating group) is 1. The van der Waals surface area contributed by atoms with Crippen LogP contribution in [0.1, 0.15) is 16.9 Å². The van der Waals surface area contributed by atoms with Gasteiger partial charge < -0.3 is 15.2 Å². The SMILES string of the molecule is CN1CC[C@@H](NC(=O)c2cc3c(ccc4ccccc43)[nH]2)C1. The maximum Gasteiger partial charge on any atom is 0.267 e. The number of rotatable bonds is 2. The van der Waals surface area contributed by atoms with Gasteiger partial charge in [-0.05, 0) is 42.9 Å². The average Bonchev–Trinajstić information content (AvgIpc) is 3.13. The Morgan fingerprint density at radius 3 is 2.91 bits per heavy atom. The van der Waals surface area contributed by atoms with Crippen molar-refractivity contribution in [2.75, 3.05) is 20.1 Å². The minimum absolute atomic E-state index is 0.0134. The van der Waals surface area contributed by atoms with Gasteiger partial charge in [-0.25, -0.2) is 0 Å². The summed E-state index contributed by atoms with van der Waals surface area (Å²) in [7, 11) is 2.08. The molecule has 1 aromatic heterocycles. The minimum atomic E-state index is -0.0134. The van der Waals surface area contributed by atoms with Gasteiger partial charge in [-0.15, -0.1) is 0 Å². The van der Waals surface area contributed by atoms with E-state index in [-0.39, 0.29) is 11.9 Å². The van der Waals surface area contributed by atoms with E-state index in [0.717, 1.165) is 30.4 Å². The molecule has 2 heterocycles. The van der Waals surface area contributed by atoms with E-state index >= 15 is 0 Å². The molecule has 0 radical (unpaired) electrons.